The number of hydrogen-bond donors (Lipinski definition) is 2. The van der Waals surface area contributed by atoms with Gasteiger partial charge >= 0.3 is 0 Å². The Labute approximate surface area is 102 Å². The number of ether oxygens (including phenoxy) is 1. The molecule has 0 saturated heterocycles. The quantitative estimate of drug-likeness (QED) is 0.700. The predicted octanol–water partition coefficient (Wildman–Crippen LogP) is 0.811. The van der Waals surface area contributed by atoms with Crippen LogP contribution in [0.2, 0.25) is 0 Å². The summed E-state index contributed by atoms with van der Waals surface area (Å²) in [5.41, 5.74) is 0. The smallest absolute Gasteiger partial charge is 0.178 e. The molecule has 0 spiro atoms. The first-order valence-corrected chi connectivity index (χ1v) is 6.47. The highest BCUT2D eigenvalue weighted by Gasteiger charge is 2.50. The summed E-state index contributed by atoms with van der Waals surface area (Å²) in [6, 6.07) is 0. The Morgan fingerprint density at radius 3 is 2.59 bits per heavy atom. The Bertz CT molecular complexity index is 289. The van der Waals surface area contributed by atoms with Gasteiger partial charge in [0.1, 0.15) is 6.61 Å². The molecule has 4 heteroatoms. The molecule has 6 atom stereocenters. The molecule has 2 rings (SSSR count). The van der Waals surface area contributed by atoms with E-state index in [1.54, 1.807) is 0 Å². The van der Waals surface area contributed by atoms with Crippen LogP contribution < -0.4 is 0 Å². The van der Waals surface area contributed by atoms with Gasteiger partial charge in [-0.05, 0) is 36.5 Å². The molecule has 0 aromatic carbocycles. The van der Waals surface area contributed by atoms with E-state index in [9.17, 15) is 4.79 Å². The van der Waals surface area contributed by atoms with Crippen molar-refractivity contribution >= 4 is 5.78 Å². The Balaban J connectivity index is 1.86. The molecular formula is C13H22O4. The van der Waals surface area contributed by atoms with Crippen LogP contribution in [0.4, 0.5) is 0 Å². The van der Waals surface area contributed by atoms with Gasteiger partial charge in [-0.2, -0.15) is 0 Å². The van der Waals surface area contributed by atoms with Crippen molar-refractivity contribution in [2.24, 2.45) is 29.6 Å². The summed E-state index contributed by atoms with van der Waals surface area (Å²) in [6.07, 6.45) is 0.920. The van der Waals surface area contributed by atoms with Gasteiger partial charge in [0.05, 0.1) is 6.61 Å². The minimum atomic E-state index is -1.23. The molecule has 2 aliphatic carbocycles. The van der Waals surface area contributed by atoms with Gasteiger partial charge in [-0.3, -0.25) is 4.79 Å². The lowest BCUT2D eigenvalue weighted by molar-refractivity contribution is -0.151. The van der Waals surface area contributed by atoms with Gasteiger partial charge in [-0.25, -0.2) is 0 Å². The van der Waals surface area contributed by atoms with E-state index in [4.69, 9.17) is 14.9 Å². The number of ketones is 1. The first-order chi connectivity index (χ1) is 8.04. The van der Waals surface area contributed by atoms with Crippen LogP contribution in [0.3, 0.4) is 0 Å². The molecule has 2 bridgehead atoms. The molecule has 2 N–H and O–H groups in total. The van der Waals surface area contributed by atoms with Gasteiger partial charge < -0.3 is 14.9 Å². The van der Waals surface area contributed by atoms with Crippen LogP contribution >= 0.6 is 0 Å². The van der Waals surface area contributed by atoms with E-state index in [0.717, 1.165) is 12.3 Å². The molecule has 98 valence electrons. The first kappa shape index (κ1) is 13.0. The molecule has 4 nitrogen and oxygen atoms in total. The Hall–Kier alpha value is -0.450. The van der Waals surface area contributed by atoms with Crippen LogP contribution in [0.1, 0.15) is 26.7 Å². The maximum atomic E-state index is 12.0. The van der Waals surface area contributed by atoms with Crippen molar-refractivity contribution in [3.8, 4) is 0 Å². The number of fused-ring (bicyclic) bond motifs is 2. The largest absolute Gasteiger partial charge is 0.391 e. The number of aliphatic hydroxyl groups excluding tert-OH is 2. The highest BCUT2D eigenvalue weighted by Crippen LogP contribution is 2.55. The normalized spacial score (nSPS) is 41.8. The summed E-state index contributed by atoms with van der Waals surface area (Å²) >= 11 is 0. The molecule has 0 heterocycles. The van der Waals surface area contributed by atoms with Gasteiger partial charge in [-0.1, -0.05) is 13.8 Å². The lowest BCUT2D eigenvalue weighted by Crippen LogP contribution is -2.33. The maximum Gasteiger partial charge on any atom is 0.178 e. The van der Waals surface area contributed by atoms with Crippen molar-refractivity contribution in [2.75, 3.05) is 13.2 Å². The van der Waals surface area contributed by atoms with Crippen LogP contribution in [0.15, 0.2) is 0 Å². The molecule has 0 aliphatic heterocycles. The molecular weight excluding hydrogens is 220 g/mol. The Morgan fingerprint density at radius 2 is 2.06 bits per heavy atom. The zero-order valence-corrected chi connectivity index (χ0v) is 10.5. The molecule has 6 unspecified atom stereocenters. The van der Waals surface area contributed by atoms with Gasteiger partial charge in [0.2, 0.25) is 0 Å². The van der Waals surface area contributed by atoms with Crippen LogP contribution in [-0.4, -0.2) is 35.5 Å². The SMILES string of the molecule is CC1C2CC(C(=O)COC(O)CO)C(C2)C1C. The maximum absolute atomic E-state index is 12.0. The van der Waals surface area contributed by atoms with Crippen molar-refractivity contribution in [1.29, 1.82) is 0 Å². The fourth-order valence-electron chi connectivity index (χ4n) is 3.65. The summed E-state index contributed by atoms with van der Waals surface area (Å²) in [6.45, 7) is 3.98. The van der Waals surface area contributed by atoms with Gasteiger partial charge in [0.15, 0.2) is 12.1 Å². The number of Topliss-reactive ketones (excluding diaryl/α,β-unsaturated/α-hetero) is 1. The molecule has 17 heavy (non-hydrogen) atoms. The number of carbonyl (C=O) groups is 1. The van der Waals surface area contributed by atoms with Crippen molar-refractivity contribution in [3.63, 3.8) is 0 Å². The second-order valence-corrected chi connectivity index (χ2v) is 5.63. The fourth-order valence-corrected chi connectivity index (χ4v) is 3.65. The van der Waals surface area contributed by atoms with Crippen LogP contribution in [0, 0.1) is 29.6 Å². The summed E-state index contributed by atoms with van der Waals surface area (Å²) in [4.78, 5) is 12.0. The third-order valence-electron chi connectivity index (χ3n) is 4.88. The number of rotatable bonds is 5. The molecule has 0 amide bonds. The van der Waals surface area contributed by atoms with E-state index in [1.165, 1.54) is 6.42 Å². The van der Waals surface area contributed by atoms with Crippen molar-refractivity contribution < 1.29 is 19.7 Å². The van der Waals surface area contributed by atoms with E-state index < -0.39 is 12.9 Å². The minimum absolute atomic E-state index is 0.0727. The van der Waals surface area contributed by atoms with E-state index in [2.05, 4.69) is 13.8 Å². The number of aliphatic hydroxyl groups is 2. The molecule has 0 radical (unpaired) electrons. The topological polar surface area (TPSA) is 66.8 Å². The molecule has 2 fully saturated rings. The van der Waals surface area contributed by atoms with Crippen LogP contribution in [-0.2, 0) is 9.53 Å². The highest BCUT2D eigenvalue weighted by atomic mass is 16.6. The third kappa shape index (κ3) is 2.39. The second kappa shape index (κ2) is 5.04. The van der Waals surface area contributed by atoms with E-state index in [0.29, 0.717) is 17.8 Å². The lowest BCUT2D eigenvalue weighted by Gasteiger charge is -2.30. The number of hydrogen-bond acceptors (Lipinski definition) is 4. The van der Waals surface area contributed by atoms with E-state index >= 15 is 0 Å². The first-order valence-electron chi connectivity index (χ1n) is 6.47. The lowest BCUT2D eigenvalue weighted by atomic mass is 9.74. The summed E-state index contributed by atoms with van der Waals surface area (Å²) in [7, 11) is 0. The van der Waals surface area contributed by atoms with Crippen LogP contribution in [0.25, 0.3) is 0 Å². The van der Waals surface area contributed by atoms with Gasteiger partial charge in [-0.15, -0.1) is 0 Å². The monoisotopic (exact) mass is 242 g/mol. The van der Waals surface area contributed by atoms with Gasteiger partial charge in [0, 0.05) is 5.92 Å². The molecule has 0 aromatic heterocycles. The van der Waals surface area contributed by atoms with Crippen molar-refractivity contribution in [2.45, 2.75) is 33.0 Å². The predicted molar refractivity (Wildman–Crippen MR) is 62.1 cm³/mol. The summed E-state index contributed by atoms with van der Waals surface area (Å²) in [5, 5.41) is 17.7. The van der Waals surface area contributed by atoms with E-state index in [-0.39, 0.29) is 18.3 Å². The molecule has 2 aliphatic rings. The third-order valence-corrected chi connectivity index (χ3v) is 4.88. The zero-order valence-electron chi connectivity index (χ0n) is 10.5. The molecule has 0 aromatic rings. The standard InChI is InChI=1S/C13H22O4/c1-7-8(2)10-3-9(7)4-11(10)12(15)6-17-13(16)5-14/h7-11,13-14,16H,3-6H2,1-2H3. The molecule has 2 saturated carbocycles. The highest BCUT2D eigenvalue weighted by molar-refractivity contribution is 5.83. The Kier molecular flexibility index (Phi) is 3.85. The average molecular weight is 242 g/mol. The minimum Gasteiger partial charge on any atom is -0.391 e. The van der Waals surface area contributed by atoms with Gasteiger partial charge in [0.25, 0.3) is 0 Å². The van der Waals surface area contributed by atoms with Crippen LogP contribution in [0.5, 0.6) is 0 Å². The zero-order chi connectivity index (χ0) is 12.6. The van der Waals surface area contributed by atoms with Crippen molar-refractivity contribution in [1.82, 2.24) is 0 Å². The van der Waals surface area contributed by atoms with Crippen molar-refractivity contribution in [3.05, 3.63) is 0 Å². The summed E-state index contributed by atoms with van der Waals surface area (Å²) in [5.74, 6) is 2.73. The second-order valence-electron chi connectivity index (χ2n) is 5.63. The average Bonchev–Trinajstić information content (AvgIpc) is 2.87. The fraction of sp³-hybridized carbons (Fsp3) is 0.923. The number of carbonyl (C=O) groups excluding carboxylic acids is 1. The van der Waals surface area contributed by atoms with E-state index in [1.807, 2.05) is 0 Å². The Morgan fingerprint density at radius 1 is 1.35 bits per heavy atom. The summed E-state index contributed by atoms with van der Waals surface area (Å²) < 4.78 is 4.89.